The Bertz CT molecular complexity index is 477. The molecule has 12 heteroatoms. The molecule has 1 heterocycles. The highest BCUT2D eigenvalue weighted by atomic mass is 19.4. The van der Waals surface area contributed by atoms with Crippen molar-refractivity contribution in [2.45, 2.75) is 43.3 Å². The molecule has 0 bridgehead atoms. The van der Waals surface area contributed by atoms with Gasteiger partial charge in [-0.1, -0.05) is 0 Å². The smallest absolute Gasteiger partial charge is 0.389 e. The summed E-state index contributed by atoms with van der Waals surface area (Å²) in [6.07, 6.45) is -15.2. The zero-order chi connectivity index (χ0) is 17.7. The normalized spacial score (nSPS) is 37.0. The molecule has 0 saturated carbocycles. The number of carbonyl (C=O) groups is 2. The summed E-state index contributed by atoms with van der Waals surface area (Å²) in [5.74, 6) is -13.4. The van der Waals surface area contributed by atoms with Crippen molar-refractivity contribution in [3.05, 3.63) is 0 Å². The van der Waals surface area contributed by atoms with Gasteiger partial charge in [-0.15, -0.1) is 0 Å². The summed E-state index contributed by atoms with van der Waals surface area (Å²) in [6.45, 7) is 0.868. The summed E-state index contributed by atoms with van der Waals surface area (Å²) in [5.41, 5.74) is 5.14. The Balaban J connectivity index is 3.42. The monoisotopic (exact) mass is 339 g/mol. The standard InChI is InChI=1S/C10H11F6NO5/c1-2-5(18)4(17)3(6(19)9(11,12)13)8(21,22-2)7(20)10(14,15)16/h2-5,18,21H,17H2,1H3/t2-,3?,4-,5+,8?/m0/s1. The van der Waals surface area contributed by atoms with Gasteiger partial charge >= 0.3 is 12.4 Å². The van der Waals surface area contributed by atoms with Gasteiger partial charge in [0.25, 0.3) is 5.78 Å². The molecule has 1 rings (SSSR count). The molecule has 1 aliphatic rings. The van der Waals surface area contributed by atoms with E-state index in [1.807, 2.05) is 0 Å². The van der Waals surface area contributed by atoms with E-state index in [-0.39, 0.29) is 0 Å². The van der Waals surface area contributed by atoms with E-state index in [0.717, 1.165) is 6.92 Å². The number of aliphatic hydroxyl groups is 2. The molecule has 0 aliphatic carbocycles. The molecule has 0 radical (unpaired) electrons. The highest BCUT2D eigenvalue weighted by Crippen LogP contribution is 2.40. The minimum atomic E-state index is -5.79. The van der Waals surface area contributed by atoms with Gasteiger partial charge in [-0.3, -0.25) is 9.59 Å². The minimum absolute atomic E-state index is 0.868. The second-order valence-electron chi connectivity index (χ2n) is 4.75. The summed E-state index contributed by atoms with van der Waals surface area (Å²) in [5, 5.41) is 19.2. The van der Waals surface area contributed by atoms with Gasteiger partial charge in [0.15, 0.2) is 0 Å². The molecule has 0 spiro atoms. The van der Waals surface area contributed by atoms with Crippen molar-refractivity contribution < 1.29 is 50.9 Å². The van der Waals surface area contributed by atoms with E-state index < -0.39 is 53.9 Å². The lowest BCUT2D eigenvalue weighted by Crippen LogP contribution is -2.71. The third-order valence-corrected chi connectivity index (χ3v) is 3.19. The molecular formula is C10H11F6NO5. The Hall–Kier alpha value is -1.24. The van der Waals surface area contributed by atoms with Gasteiger partial charge in [0.1, 0.15) is 5.92 Å². The van der Waals surface area contributed by atoms with E-state index in [1.165, 1.54) is 0 Å². The molecule has 0 aromatic heterocycles. The van der Waals surface area contributed by atoms with Gasteiger partial charge in [0.05, 0.1) is 12.2 Å². The number of hydrogen-bond acceptors (Lipinski definition) is 6. The third kappa shape index (κ3) is 3.09. The maximum Gasteiger partial charge on any atom is 0.455 e. The first-order chi connectivity index (χ1) is 9.64. The number of alkyl halides is 6. The fourth-order valence-corrected chi connectivity index (χ4v) is 2.12. The second-order valence-corrected chi connectivity index (χ2v) is 4.75. The molecule has 1 aliphatic heterocycles. The summed E-state index contributed by atoms with van der Waals surface area (Å²) in [4.78, 5) is 22.5. The van der Waals surface area contributed by atoms with Crippen molar-refractivity contribution in [2.24, 2.45) is 11.7 Å². The Morgan fingerprint density at radius 1 is 1.14 bits per heavy atom. The first-order valence-electron chi connectivity index (χ1n) is 5.70. The van der Waals surface area contributed by atoms with E-state index in [0.29, 0.717) is 0 Å². The average Bonchev–Trinajstić information content (AvgIpc) is 2.32. The van der Waals surface area contributed by atoms with Crippen LogP contribution in [0.15, 0.2) is 0 Å². The van der Waals surface area contributed by atoms with Crippen LogP contribution in [0.3, 0.4) is 0 Å². The Labute approximate surface area is 118 Å². The number of ether oxygens (including phenoxy) is 1. The second kappa shape index (κ2) is 5.44. The summed E-state index contributed by atoms with van der Waals surface area (Å²) < 4.78 is 79.1. The van der Waals surface area contributed by atoms with E-state index in [1.54, 1.807) is 0 Å². The van der Waals surface area contributed by atoms with Crippen molar-refractivity contribution in [1.82, 2.24) is 0 Å². The maximum absolute atomic E-state index is 12.5. The molecular weight excluding hydrogens is 328 g/mol. The average molecular weight is 339 g/mol. The van der Waals surface area contributed by atoms with Crippen LogP contribution in [-0.4, -0.2) is 58.2 Å². The molecule has 22 heavy (non-hydrogen) atoms. The van der Waals surface area contributed by atoms with Crippen molar-refractivity contribution in [1.29, 1.82) is 0 Å². The number of hydrogen-bond donors (Lipinski definition) is 3. The predicted molar refractivity (Wildman–Crippen MR) is 55.1 cm³/mol. The largest absolute Gasteiger partial charge is 0.455 e. The van der Waals surface area contributed by atoms with E-state index in [2.05, 4.69) is 4.74 Å². The van der Waals surface area contributed by atoms with Crippen molar-refractivity contribution in [3.63, 3.8) is 0 Å². The maximum atomic E-state index is 12.5. The number of rotatable bonds is 2. The van der Waals surface area contributed by atoms with Gasteiger partial charge in [0, 0.05) is 6.04 Å². The fourth-order valence-electron chi connectivity index (χ4n) is 2.12. The van der Waals surface area contributed by atoms with Crippen LogP contribution in [0.1, 0.15) is 6.92 Å². The highest BCUT2D eigenvalue weighted by molar-refractivity contribution is 5.98. The van der Waals surface area contributed by atoms with Gasteiger partial charge in [-0.25, -0.2) is 0 Å². The van der Waals surface area contributed by atoms with Crippen molar-refractivity contribution in [2.75, 3.05) is 0 Å². The molecule has 6 nitrogen and oxygen atoms in total. The number of halogens is 6. The Morgan fingerprint density at radius 3 is 1.95 bits per heavy atom. The van der Waals surface area contributed by atoms with Crippen LogP contribution >= 0.6 is 0 Å². The van der Waals surface area contributed by atoms with Crippen molar-refractivity contribution in [3.8, 4) is 0 Å². The lowest BCUT2D eigenvalue weighted by atomic mass is 9.78. The van der Waals surface area contributed by atoms with Crippen LogP contribution in [0, 0.1) is 5.92 Å². The molecule has 5 atom stereocenters. The number of Topliss-reactive ketones (excluding diaryl/α,β-unsaturated/α-hetero) is 2. The zero-order valence-corrected chi connectivity index (χ0v) is 10.8. The van der Waals surface area contributed by atoms with Gasteiger partial charge in [-0.05, 0) is 6.92 Å². The van der Waals surface area contributed by atoms with Gasteiger partial charge in [0.2, 0.25) is 11.6 Å². The van der Waals surface area contributed by atoms with Gasteiger partial charge in [-0.2, -0.15) is 26.3 Å². The van der Waals surface area contributed by atoms with Crippen LogP contribution in [0.5, 0.6) is 0 Å². The fraction of sp³-hybridized carbons (Fsp3) is 0.800. The summed E-state index contributed by atoms with van der Waals surface area (Å²) in [6, 6.07) is -2.30. The molecule has 0 aromatic carbocycles. The quantitative estimate of drug-likeness (QED) is 0.594. The molecule has 0 aromatic rings. The molecule has 1 saturated heterocycles. The van der Waals surface area contributed by atoms with Crippen LogP contribution in [0.25, 0.3) is 0 Å². The van der Waals surface area contributed by atoms with Crippen molar-refractivity contribution >= 4 is 11.6 Å². The highest BCUT2D eigenvalue weighted by Gasteiger charge is 2.67. The Morgan fingerprint density at radius 2 is 1.59 bits per heavy atom. The lowest BCUT2D eigenvalue weighted by Gasteiger charge is -2.46. The van der Waals surface area contributed by atoms with Crippen LogP contribution in [-0.2, 0) is 14.3 Å². The third-order valence-electron chi connectivity index (χ3n) is 3.19. The summed E-state index contributed by atoms with van der Waals surface area (Å²) in [7, 11) is 0. The van der Waals surface area contributed by atoms with Gasteiger partial charge < -0.3 is 20.7 Å². The van der Waals surface area contributed by atoms with Crippen LogP contribution in [0.2, 0.25) is 0 Å². The predicted octanol–water partition coefficient (Wildman–Crippen LogP) is -0.339. The molecule has 2 unspecified atom stereocenters. The molecule has 1 fully saturated rings. The zero-order valence-electron chi connectivity index (χ0n) is 10.8. The minimum Gasteiger partial charge on any atom is -0.389 e. The number of nitrogens with two attached hydrogens (primary N) is 1. The molecule has 128 valence electrons. The number of aliphatic hydroxyl groups excluding tert-OH is 1. The first-order valence-corrected chi connectivity index (χ1v) is 5.70. The lowest BCUT2D eigenvalue weighted by molar-refractivity contribution is -0.302. The topological polar surface area (TPSA) is 110 Å². The summed E-state index contributed by atoms with van der Waals surface area (Å²) >= 11 is 0. The number of ketones is 2. The number of carbonyl (C=O) groups excluding carboxylic acids is 2. The van der Waals surface area contributed by atoms with Crippen LogP contribution in [0.4, 0.5) is 26.3 Å². The molecule has 4 N–H and O–H groups in total. The first kappa shape index (κ1) is 18.8. The van der Waals surface area contributed by atoms with E-state index in [4.69, 9.17) is 5.73 Å². The Kier molecular flexibility index (Phi) is 4.65. The van der Waals surface area contributed by atoms with E-state index in [9.17, 15) is 46.1 Å². The van der Waals surface area contributed by atoms with Crippen LogP contribution < -0.4 is 5.73 Å². The van der Waals surface area contributed by atoms with E-state index >= 15 is 0 Å². The SMILES string of the molecule is C[C@@H]1OC(O)(C(=O)C(F)(F)F)C(C(=O)C(F)(F)F)[C@H](N)[C@@H]1O. The molecule has 0 amide bonds.